The van der Waals surface area contributed by atoms with E-state index in [0.29, 0.717) is 24.9 Å². The largest absolute Gasteiger partial charge is 0.396 e. The van der Waals surface area contributed by atoms with Gasteiger partial charge in [0, 0.05) is 48.8 Å². The average Bonchev–Trinajstić information content (AvgIpc) is 3.17. The lowest BCUT2D eigenvalue weighted by Crippen LogP contribution is -2.43. The predicted octanol–water partition coefficient (Wildman–Crippen LogP) is 2.02. The molecule has 1 aliphatic heterocycles. The van der Waals surface area contributed by atoms with Crippen molar-refractivity contribution in [2.75, 3.05) is 18.6 Å². The Morgan fingerprint density at radius 2 is 2.19 bits per heavy atom. The maximum atomic E-state index is 12.7. The molecule has 1 aliphatic rings. The molecule has 0 radical (unpaired) electrons. The minimum atomic E-state index is -1.58. The fourth-order valence-electron chi connectivity index (χ4n) is 3.35. The number of rotatable bonds is 7. The second kappa shape index (κ2) is 7.92. The first-order chi connectivity index (χ1) is 12.9. The first-order valence-corrected chi connectivity index (χ1v) is 9.64. The maximum absolute atomic E-state index is 12.7. The van der Waals surface area contributed by atoms with E-state index in [2.05, 4.69) is 26.2 Å². The number of benzene rings is 1. The summed E-state index contributed by atoms with van der Waals surface area (Å²) in [6.07, 6.45) is 6.80. The van der Waals surface area contributed by atoms with Crippen LogP contribution in [0, 0.1) is 5.92 Å². The quantitative estimate of drug-likeness (QED) is 0.650. The van der Waals surface area contributed by atoms with E-state index in [4.69, 9.17) is 5.11 Å². The summed E-state index contributed by atoms with van der Waals surface area (Å²) < 4.78 is 2.54. The van der Waals surface area contributed by atoms with Crippen LogP contribution in [0.3, 0.4) is 0 Å². The van der Waals surface area contributed by atoms with Gasteiger partial charge in [0.2, 0.25) is 0 Å². The van der Waals surface area contributed by atoms with E-state index < -0.39 is 5.60 Å². The summed E-state index contributed by atoms with van der Waals surface area (Å²) in [6.45, 7) is 2.53. The second-order valence-electron chi connectivity index (χ2n) is 6.74. The van der Waals surface area contributed by atoms with Crippen molar-refractivity contribution in [3.8, 4) is 0 Å². The van der Waals surface area contributed by atoms with Gasteiger partial charge in [-0.2, -0.15) is 0 Å². The molecule has 3 rings (SSSR count). The van der Waals surface area contributed by atoms with Gasteiger partial charge in [-0.25, -0.2) is 0 Å². The molecule has 27 heavy (non-hydrogen) atoms. The molecule has 1 aromatic heterocycles. The van der Waals surface area contributed by atoms with Crippen LogP contribution in [-0.4, -0.2) is 44.8 Å². The lowest BCUT2D eigenvalue weighted by atomic mass is 9.83. The number of anilines is 1. The van der Waals surface area contributed by atoms with Crippen molar-refractivity contribution >= 4 is 27.5 Å². The van der Waals surface area contributed by atoms with Gasteiger partial charge in [-0.3, -0.25) is 9.48 Å². The summed E-state index contributed by atoms with van der Waals surface area (Å²) in [5, 5.41) is 28.1. The van der Waals surface area contributed by atoms with Gasteiger partial charge < -0.3 is 15.1 Å². The summed E-state index contributed by atoms with van der Waals surface area (Å²) in [5.74, 6) is -0.707. The number of nitrogens with zero attached hydrogens (tertiary/aromatic N) is 4. The van der Waals surface area contributed by atoms with E-state index >= 15 is 0 Å². The van der Waals surface area contributed by atoms with Crippen LogP contribution in [0.2, 0.25) is 0 Å². The highest BCUT2D eigenvalue weighted by atomic mass is 79.9. The average molecular weight is 435 g/mol. The molecular formula is C19H23BrN4O3. The Morgan fingerprint density at radius 1 is 1.41 bits per heavy atom. The molecule has 2 heterocycles. The van der Waals surface area contributed by atoms with E-state index in [9.17, 15) is 9.90 Å². The van der Waals surface area contributed by atoms with Gasteiger partial charge in [0.15, 0.2) is 5.60 Å². The van der Waals surface area contributed by atoms with Crippen LogP contribution in [0.5, 0.6) is 0 Å². The number of allylic oxidation sites excluding steroid dienone is 1. The number of carbonyl (C=O) groups is 1. The normalized spacial score (nSPS) is 20.5. The molecule has 2 aromatic rings. The monoisotopic (exact) mass is 434 g/mol. The number of aryl methyl sites for hydroxylation is 1. The molecule has 0 spiro atoms. The molecule has 144 valence electrons. The lowest BCUT2D eigenvalue weighted by Gasteiger charge is -2.27. The Balaban J connectivity index is 1.69. The summed E-state index contributed by atoms with van der Waals surface area (Å²) in [5.41, 5.74) is 0.522. The molecule has 0 fully saturated rings. The Morgan fingerprint density at radius 3 is 2.93 bits per heavy atom. The number of aliphatic hydroxyl groups excluding tert-OH is 1. The van der Waals surface area contributed by atoms with Gasteiger partial charge in [0.1, 0.15) is 0 Å². The zero-order chi connectivity index (χ0) is 19.6. The van der Waals surface area contributed by atoms with Crippen molar-refractivity contribution in [3.05, 3.63) is 52.3 Å². The first-order valence-electron chi connectivity index (χ1n) is 8.85. The number of fused-ring (bicyclic) bond motifs is 1. The van der Waals surface area contributed by atoms with Crippen LogP contribution in [0.25, 0.3) is 0 Å². The lowest BCUT2D eigenvalue weighted by molar-refractivity contribution is -0.139. The van der Waals surface area contributed by atoms with E-state index in [1.165, 1.54) is 4.90 Å². The molecule has 7 nitrogen and oxygen atoms in total. The zero-order valence-corrected chi connectivity index (χ0v) is 16.9. The molecule has 1 aromatic carbocycles. The first kappa shape index (κ1) is 19.7. The Bertz CT molecular complexity index is 866. The standard InChI is InChI=1S/C19H23BrN4O3/c1-13(5-3-4-9-24-12-15(8-10-25)21-22-24)19(27)16-11-14(20)6-7-17(16)23(2)18(19)26/h3,5-7,11-13,25,27H,4,8-10H2,1-2H3/b5-3+/t13-,19+/m0/s1. The highest BCUT2D eigenvalue weighted by Crippen LogP contribution is 2.45. The molecule has 8 heteroatoms. The molecular weight excluding hydrogens is 412 g/mol. The minimum absolute atomic E-state index is 0.0504. The van der Waals surface area contributed by atoms with Crippen LogP contribution in [-0.2, 0) is 23.4 Å². The van der Waals surface area contributed by atoms with Gasteiger partial charge in [0.05, 0.1) is 11.4 Å². The Labute approximate surface area is 166 Å². The van der Waals surface area contributed by atoms with Crippen molar-refractivity contribution in [1.29, 1.82) is 0 Å². The number of halogens is 1. The van der Waals surface area contributed by atoms with Crippen LogP contribution >= 0.6 is 15.9 Å². The van der Waals surface area contributed by atoms with Crippen LogP contribution in [0.1, 0.15) is 24.6 Å². The highest BCUT2D eigenvalue weighted by Gasteiger charge is 2.51. The van der Waals surface area contributed by atoms with Crippen molar-refractivity contribution in [3.63, 3.8) is 0 Å². The third-order valence-corrected chi connectivity index (χ3v) is 5.42. The van der Waals surface area contributed by atoms with Gasteiger partial charge >= 0.3 is 0 Å². The van der Waals surface area contributed by atoms with Crippen molar-refractivity contribution in [2.45, 2.75) is 31.9 Å². The maximum Gasteiger partial charge on any atom is 0.264 e. The highest BCUT2D eigenvalue weighted by molar-refractivity contribution is 9.10. The number of hydrogen-bond acceptors (Lipinski definition) is 5. The molecule has 0 bridgehead atoms. The summed E-state index contributed by atoms with van der Waals surface area (Å²) in [4.78, 5) is 14.2. The molecule has 2 atom stereocenters. The van der Waals surface area contributed by atoms with E-state index in [0.717, 1.165) is 15.9 Å². The van der Waals surface area contributed by atoms with Crippen LogP contribution in [0.4, 0.5) is 5.69 Å². The SMILES string of the molecule is C[C@@H](/C=C/CCn1cc(CCO)nn1)[C@]1(O)C(=O)N(C)c2ccc(Br)cc21. The number of aliphatic hydroxyl groups is 2. The molecule has 0 unspecified atom stereocenters. The van der Waals surface area contributed by atoms with Gasteiger partial charge in [-0.05, 0) is 24.6 Å². The number of hydrogen-bond donors (Lipinski definition) is 2. The molecule has 0 saturated heterocycles. The van der Waals surface area contributed by atoms with Gasteiger partial charge in [-0.15, -0.1) is 5.10 Å². The molecule has 0 aliphatic carbocycles. The Kier molecular flexibility index (Phi) is 5.78. The van der Waals surface area contributed by atoms with Crippen LogP contribution < -0.4 is 4.90 Å². The number of likely N-dealkylation sites (N-methyl/N-ethyl adjacent to an activating group) is 1. The fraction of sp³-hybridized carbons (Fsp3) is 0.421. The third-order valence-electron chi connectivity index (χ3n) is 4.92. The van der Waals surface area contributed by atoms with E-state index in [1.54, 1.807) is 17.8 Å². The topological polar surface area (TPSA) is 91.5 Å². The van der Waals surface area contributed by atoms with E-state index in [-0.39, 0.29) is 18.4 Å². The number of aromatic nitrogens is 3. The second-order valence-corrected chi connectivity index (χ2v) is 7.66. The zero-order valence-electron chi connectivity index (χ0n) is 15.3. The van der Waals surface area contributed by atoms with Crippen molar-refractivity contribution in [1.82, 2.24) is 15.0 Å². The minimum Gasteiger partial charge on any atom is -0.396 e. The Hall–Kier alpha value is -2.03. The van der Waals surface area contributed by atoms with E-state index in [1.807, 2.05) is 37.4 Å². The number of amides is 1. The summed E-state index contributed by atoms with van der Waals surface area (Å²) >= 11 is 3.42. The van der Waals surface area contributed by atoms with Gasteiger partial charge in [0.25, 0.3) is 5.91 Å². The third kappa shape index (κ3) is 3.69. The summed E-state index contributed by atoms with van der Waals surface area (Å²) in [6, 6.07) is 5.50. The predicted molar refractivity (Wildman–Crippen MR) is 105 cm³/mol. The smallest absolute Gasteiger partial charge is 0.264 e. The fourth-order valence-corrected chi connectivity index (χ4v) is 3.71. The summed E-state index contributed by atoms with van der Waals surface area (Å²) in [7, 11) is 1.68. The van der Waals surface area contributed by atoms with Crippen molar-refractivity contribution in [2.24, 2.45) is 5.92 Å². The van der Waals surface area contributed by atoms with Gasteiger partial charge in [-0.1, -0.05) is 40.2 Å². The number of carbonyl (C=O) groups excluding carboxylic acids is 1. The molecule has 1 amide bonds. The molecule has 2 N–H and O–H groups in total. The van der Waals surface area contributed by atoms with Crippen molar-refractivity contribution < 1.29 is 15.0 Å². The molecule has 0 saturated carbocycles. The van der Waals surface area contributed by atoms with Crippen LogP contribution in [0.15, 0.2) is 41.0 Å².